The number of rotatable bonds is 2. The molecule has 2 rings (SSSR count). The average molecular weight is 247 g/mol. The van der Waals surface area contributed by atoms with Crippen LogP contribution in [0, 0.1) is 6.92 Å². The van der Waals surface area contributed by atoms with Gasteiger partial charge >= 0.3 is 6.09 Å². The lowest BCUT2D eigenvalue weighted by Crippen LogP contribution is -2.30. The highest BCUT2D eigenvalue weighted by Crippen LogP contribution is 2.25. The summed E-state index contributed by atoms with van der Waals surface area (Å²) in [6.07, 6.45) is 1.96. The van der Waals surface area contributed by atoms with E-state index in [1.54, 1.807) is 4.90 Å². The van der Waals surface area contributed by atoms with Crippen molar-refractivity contribution < 1.29 is 9.53 Å². The number of ether oxygens (including phenoxy) is 1. The second kappa shape index (κ2) is 5.42. The monoisotopic (exact) mass is 247 g/mol. The lowest BCUT2D eigenvalue weighted by molar-refractivity contribution is 0.162. The first-order valence-electron chi connectivity index (χ1n) is 6.65. The minimum Gasteiger partial charge on any atom is -0.410 e. The number of carbonyl (C=O) groups is 1. The molecule has 3 nitrogen and oxygen atoms in total. The van der Waals surface area contributed by atoms with Crippen molar-refractivity contribution in [2.24, 2.45) is 0 Å². The van der Waals surface area contributed by atoms with Gasteiger partial charge in [-0.2, -0.15) is 0 Å². The maximum atomic E-state index is 12.0. The third-order valence-corrected chi connectivity index (χ3v) is 3.44. The van der Waals surface area contributed by atoms with Gasteiger partial charge in [-0.3, -0.25) is 0 Å². The summed E-state index contributed by atoms with van der Waals surface area (Å²) in [5.74, 6) is 1.13. The van der Waals surface area contributed by atoms with E-state index in [9.17, 15) is 4.79 Å². The number of aryl methyl sites for hydroxylation is 1. The molecule has 1 amide bonds. The fourth-order valence-corrected chi connectivity index (χ4v) is 2.14. The Labute approximate surface area is 109 Å². The van der Waals surface area contributed by atoms with Gasteiger partial charge in [0.05, 0.1) is 0 Å². The molecule has 0 atom stereocenters. The highest BCUT2D eigenvalue weighted by atomic mass is 16.6. The van der Waals surface area contributed by atoms with E-state index in [-0.39, 0.29) is 6.09 Å². The van der Waals surface area contributed by atoms with Gasteiger partial charge in [0.25, 0.3) is 0 Å². The Morgan fingerprint density at radius 2 is 1.94 bits per heavy atom. The Kier molecular flexibility index (Phi) is 3.90. The number of carbonyl (C=O) groups excluding carboxylic acids is 1. The number of hydrogen-bond acceptors (Lipinski definition) is 2. The van der Waals surface area contributed by atoms with Crippen molar-refractivity contribution in [3.8, 4) is 5.75 Å². The van der Waals surface area contributed by atoms with Crippen molar-refractivity contribution >= 4 is 6.09 Å². The molecule has 1 fully saturated rings. The average Bonchev–Trinajstić information content (AvgIpc) is 2.85. The third-order valence-electron chi connectivity index (χ3n) is 3.44. The summed E-state index contributed by atoms with van der Waals surface area (Å²) in [5.41, 5.74) is 2.21. The Balaban J connectivity index is 2.12. The normalized spacial score (nSPS) is 15.2. The van der Waals surface area contributed by atoms with Crippen LogP contribution in [0.1, 0.15) is 43.7 Å². The van der Waals surface area contributed by atoms with E-state index in [0.29, 0.717) is 11.7 Å². The Morgan fingerprint density at radius 3 is 2.56 bits per heavy atom. The maximum absolute atomic E-state index is 12.0. The van der Waals surface area contributed by atoms with Crippen LogP contribution in [0.5, 0.6) is 5.75 Å². The molecule has 1 aromatic carbocycles. The van der Waals surface area contributed by atoms with Crippen LogP contribution in [-0.2, 0) is 0 Å². The predicted octanol–water partition coefficient (Wildman–Crippen LogP) is 3.71. The van der Waals surface area contributed by atoms with E-state index in [0.717, 1.165) is 31.5 Å². The standard InChI is InChI=1S/C15H21NO2/c1-11(2)13-7-6-12(3)14(10-13)18-15(17)16-8-4-5-9-16/h6-7,10-11H,4-5,8-9H2,1-3H3. The molecule has 1 aliphatic rings. The predicted molar refractivity (Wildman–Crippen MR) is 72.1 cm³/mol. The van der Waals surface area contributed by atoms with Gasteiger partial charge in [0.2, 0.25) is 0 Å². The fourth-order valence-electron chi connectivity index (χ4n) is 2.14. The van der Waals surface area contributed by atoms with Crippen LogP contribution in [-0.4, -0.2) is 24.1 Å². The summed E-state index contributed by atoms with van der Waals surface area (Å²) < 4.78 is 5.51. The Bertz CT molecular complexity index is 434. The number of benzene rings is 1. The molecule has 0 aromatic heterocycles. The van der Waals surface area contributed by atoms with Crippen LogP contribution < -0.4 is 4.74 Å². The van der Waals surface area contributed by atoms with Crippen LogP contribution in [0.15, 0.2) is 18.2 Å². The van der Waals surface area contributed by atoms with Crippen LogP contribution in [0.4, 0.5) is 4.79 Å². The second-order valence-electron chi connectivity index (χ2n) is 5.24. The van der Waals surface area contributed by atoms with Gasteiger partial charge in [-0.25, -0.2) is 4.79 Å². The quantitative estimate of drug-likeness (QED) is 0.797. The minimum atomic E-state index is -0.212. The molecule has 0 N–H and O–H groups in total. The molecule has 1 heterocycles. The zero-order chi connectivity index (χ0) is 13.1. The van der Waals surface area contributed by atoms with Gasteiger partial charge in [-0.15, -0.1) is 0 Å². The van der Waals surface area contributed by atoms with Gasteiger partial charge < -0.3 is 9.64 Å². The van der Waals surface area contributed by atoms with Crippen molar-refractivity contribution in [2.75, 3.05) is 13.1 Å². The summed E-state index contributed by atoms with van der Waals surface area (Å²) in [6.45, 7) is 7.88. The van der Waals surface area contributed by atoms with Crippen LogP contribution >= 0.6 is 0 Å². The van der Waals surface area contributed by atoms with Crippen LogP contribution in [0.2, 0.25) is 0 Å². The molecule has 18 heavy (non-hydrogen) atoms. The van der Waals surface area contributed by atoms with E-state index < -0.39 is 0 Å². The van der Waals surface area contributed by atoms with Crippen molar-refractivity contribution in [1.82, 2.24) is 4.90 Å². The third kappa shape index (κ3) is 2.84. The van der Waals surface area contributed by atoms with Crippen molar-refractivity contribution in [3.05, 3.63) is 29.3 Å². The summed E-state index contributed by atoms with van der Waals surface area (Å²) in [7, 11) is 0. The molecule has 0 unspecified atom stereocenters. The molecule has 0 saturated carbocycles. The molecule has 1 saturated heterocycles. The summed E-state index contributed by atoms with van der Waals surface area (Å²) in [6, 6.07) is 6.09. The molecule has 0 aliphatic carbocycles. The van der Waals surface area contributed by atoms with Crippen molar-refractivity contribution in [1.29, 1.82) is 0 Å². The maximum Gasteiger partial charge on any atom is 0.415 e. The van der Waals surface area contributed by atoms with Crippen LogP contribution in [0.25, 0.3) is 0 Å². The van der Waals surface area contributed by atoms with Gasteiger partial charge in [0, 0.05) is 13.1 Å². The Morgan fingerprint density at radius 1 is 1.28 bits per heavy atom. The van der Waals surface area contributed by atoms with Crippen molar-refractivity contribution in [3.63, 3.8) is 0 Å². The molecule has 0 spiro atoms. The summed E-state index contributed by atoms with van der Waals surface area (Å²) >= 11 is 0. The number of hydrogen-bond donors (Lipinski definition) is 0. The molecular formula is C15H21NO2. The molecule has 0 bridgehead atoms. The molecule has 0 radical (unpaired) electrons. The van der Waals surface area contributed by atoms with Crippen molar-refractivity contribution in [2.45, 2.75) is 39.5 Å². The molecule has 1 aromatic rings. The lowest BCUT2D eigenvalue weighted by atomic mass is 10.0. The first-order chi connectivity index (χ1) is 8.58. The smallest absolute Gasteiger partial charge is 0.410 e. The van der Waals surface area contributed by atoms with E-state index in [1.165, 1.54) is 5.56 Å². The van der Waals surface area contributed by atoms with Gasteiger partial charge in [-0.05, 0) is 42.9 Å². The summed E-state index contributed by atoms with van der Waals surface area (Å²) in [5, 5.41) is 0. The number of likely N-dealkylation sites (tertiary alicyclic amines) is 1. The van der Waals surface area contributed by atoms with Gasteiger partial charge in [-0.1, -0.05) is 26.0 Å². The van der Waals surface area contributed by atoms with Gasteiger partial charge in [0.15, 0.2) is 0 Å². The summed E-state index contributed by atoms with van der Waals surface area (Å²) in [4.78, 5) is 13.7. The highest BCUT2D eigenvalue weighted by Gasteiger charge is 2.20. The first kappa shape index (κ1) is 12.9. The lowest BCUT2D eigenvalue weighted by Gasteiger charge is -2.17. The minimum absolute atomic E-state index is 0.212. The van der Waals surface area contributed by atoms with E-state index in [2.05, 4.69) is 19.9 Å². The van der Waals surface area contributed by atoms with Gasteiger partial charge in [0.1, 0.15) is 5.75 Å². The SMILES string of the molecule is Cc1ccc(C(C)C)cc1OC(=O)N1CCCC1. The second-order valence-corrected chi connectivity index (χ2v) is 5.24. The number of nitrogens with zero attached hydrogens (tertiary/aromatic N) is 1. The van der Waals surface area contributed by atoms with Crippen LogP contribution in [0.3, 0.4) is 0 Å². The topological polar surface area (TPSA) is 29.5 Å². The molecule has 1 aliphatic heterocycles. The Hall–Kier alpha value is -1.51. The molecular weight excluding hydrogens is 226 g/mol. The van der Waals surface area contributed by atoms with E-state index in [1.807, 2.05) is 19.1 Å². The van der Waals surface area contributed by atoms with E-state index in [4.69, 9.17) is 4.74 Å². The number of amides is 1. The molecule has 98 valence electrons. The zero-order valence-corrected chi connectivity index (χ0v) is 11.4. The zero-order valence-electron chi connectivity index (χ0n) is 11.4. The fraction of sp³-hybridized carbons (Fsp3) is 0.533. The molecule has 3 heteroatoms. The highest BCUT2D eigenvalue weighted by molar-refractivity contribution is 5.71. The first-order valence-corrected chi connectivity index (χ1v) is 6.65. The van der Waals surface area contributed by atoms with E-state index >= 15 is 0 Å². The largest absolute Gasteiger partial charge is 0.415 e.